The first-order valence-electron chi connectivity index (χ1n) is 5.06. The van der Waals surface area contributed by atoms with E-state index in [9.17, 15) is 4.79 Å². The molecule has 0 atom stereocenters. The molecule has 0 fully saturated rings. The number of hydrogen-bond donors (Lipinski definition) is 4. The summed E-state index contributed by atoms with van der Waals surface area (Å²) in [6.45, 7) is 0. The maximum atomic E-state index is 10.4. The number of carbonyl (C=O) groups excluding carboxylic acids is 1. The van der Waals surface area contributed by atoms with Gasteiger partial charge >= 0.3 is 0 Å². The van der Waals surface area contributed by atoms with Crippen LogP contribution in [0.1, 0.15) is 0 Å². The smallest absolute Gasteiger partial charge is 0.211 e. The number of nitrogens with zero attached hydrogens (tertiary/aromatic N) is 1. The van der Waals surface area contributed by atoms with Crippen molar-refractivity contribution >= 4 is 34.5 Å². The molecule has 6 nitrogen and oxygen atoms in total. The molecule has 2 aromatic rings. The number of amides is 1. The number of carbonyl (C=O) groups is 1. The van der Waals surface area contributed by atoms with Gasteiger partial charge in [0.1, 0.15) is 0 Å². The normalized spacial score (nSPS) is 9.78. The second-order valence-electron chi connectivity index (χ2n) is 3.42. The molecular weight excluding hydrogens is 250 g/mol. The van der Waals surface area contributed by atoms with Gasteiger partial charge in [-0.05, 0) is 12.1 Å². The number of rotatable bonds is 4. The zero-order valence-electron chi connectivity index (χ0n) is 9.31. The average molecular weight is 261 g/mol. The molecule has 1 aromatic carbocycles. The Morgan fingerprint density at radius 3 is 3.06 bits per heavy atom. The van der Waals surface area contributed by atoms with Gasteiger partial charge in [-0.1, -0.05) is 12.1 Å². The Bertz CT molecular complexity index is 580. The third kappa shape index (κ3) is 2.83. The number of hydrogen-bond acceptors (Lipinski definition) is 4. The van der Waals surface area contributed by atoms with E-state index < -0.39 is 0 Å². The van der Waals surface area contributed by atoms with Crippen LogP contribution in [0.3, 0.4) is 0 Å². The summed E-state index contributed by atoms with van der Waals surface area (Å²) in [5, 5.41) is 14.7. The van der Waals surface area contributed by atoms with Crippen LogP contribution in [0.15, 0.2) is 29.6 Å². The summed E-state index contributed by atoms with van der Waals surface area (Å²) >= 11 is 1.36. The molecule has 18 heavy (non-hydrogen) atoms. The van der Waals surface area contributed by atoms with Gasteiger partial charge < -0.3 is 16.4 Å². The number of benzene rings is 1. The van der Waals surface area contributed by atoms with Crippen molar-refractivity contribution in [2.24, 2.45) is 5.73 Å². The molecule has 1 amide bonds. The first kappa shape index (κ1) is 12.1. The third-order valence-electron chi connectivity index (χ3n) is 2.13. The van der Waals surface area contributed by atoms with Crippen molar-refractivity contribution in [1.29, 1.82) is 5.41 Å². The minimum Gasteiger partial charge on any atom is -0.370 e. The van der Waals surface area contributed by atoms with Crippen molar-refractivity contribution in [2.75, 3.05) is 10.6 Å². The molecule has 0 saturated heterocycles. The van der Waals surface area contributed by atoms with Crippen molar-refractivity contribution in [3.05, 3.63) is 29.6 Å². The lowest BCUT2D eigenvalue weighted by molar-refractivity contribution is -0.105. The van der Waals surface area contributed by atoms with Crippen molar-refractivity contribution < 1.29 is 4.79 Å². The van der Waals surface area contributed by atoms with Gasteiger partial charge in [-0.3, -0.25) is 10.2 Å². The summed E-state index contributed by atoms with van der Waals surface area (Å²) in [5.41, 5.74) is 7.58. The van der Waals surface area contributed by atoms with Gasteiger partial charge in [0.15, 0.2) is 11.1 Å². The van der Waals surface area contributed by atoms with Crippen LogP contribution in [0, 0.1) is 5.41 Å². The number of aromatic nitrogens is 1. The Morgan fingerprint density at radius 1 is 1.50 bits per heavy atom. The van der Waals surface area contributed by atoms with Crippen LogP contribution in [0.5, 0.6) is 0 Å². The van der Waals surface area contributed by atoms with E-state index in [0.717, 1.165) is 11.3 Å². The number of thiazole rings is 1. The average Bonchev–Trinajstić information content (AvgIpc) is 2.77. The van der Waals surface area contributed by atoms with E-state index in [2.05, 4.69) is 15.6 Å². The van der Waals surface area contributed by atoms with E-state index in [1.165, 1.54) is 11.3 Å². The van der Waals surface area contributed by atoms with Crippen LogP contribution in [-0.4, -0.2) is 17.4 Å². The highest BCUT2D eigenvalue weighted by molar-refractivity contribution is 7.14. The highest BCUT2D eigenvalue weighted by Gasteiger charge is 2.05. The SMILES string of the molecule is N=C(N)Nc1nc(-c2cccc(NC=O)c2)cs1. The fourth-order valence-electron chi connectivity index (χ4n) is 1.42. The Balaban J connectivity index is 2.25. The molecule has 0 spiro atoms. The lowest BCUT2D eigenvalue weighted by atomic mass is 10.1. The molecule has 92 valence electrons. The van der Waals surface area contributed by atoms with Gasteiger partial charge in [-0.15, -0.1) is 11.3 Å². The monoisotopic (exact) mass is 261 g/mol. The number of guanidine groups is 1. The zero-order chi connectivity index (χ0) is 13.0. The highest BCUT2D eigenvalue weighted by Crippen LogP contribution is 2.26. The van der Waals surface area contributed by atoms with E-state index in [0.29, 0.717) is 17.2 Å². The maximum Gasteiger partial charge on any atom is 0.211 e. The van der Waals surface area contributed by atoms with Gasteiger partial charge in [0.05, 0.1) is 5.69 Å². The molecule has 1 aromatic heterocycles. The Labute approximate surface area is 107 Å². The maximum absolute atomic E-state index is 10.4. The molecular formula is C11H11N5OS. The summed E-state index contributed by atoms with van der Waals surface area (Å²) in [4.78, 5) is 14.7. The van der Waals surface area contributed by atoms with Crippen molar-refractivity contribution in [3.8, 4) is 11.3 Å². The lowest BCUT2D eigenvalue weighted by Crippen LogP contribution is -2.20. The van der Waals surface area contributed by atoms with Crippen LogP contribution < -0.4 is 16.4 Å². The van der Waals surface area contributed by atoms with E-state index in [-0.39, 0.29) is 5.96 Å². The molecule has 1 heterocycles. The predicted octanol–water partition coefficient (Wildman–Crippen LogP) is 1.68. The van der Waals surface area contributed by atoms with Crippen molar-refractivity contribution in [1.82, 2.24) is 4.98 Å². The van der Waals surface area contributed by atoms with Gasteiger partial charge in [0.2, 0.25) is 6.41 Å². The van der Waals surface area contributed by atoms with E-state index in [1.54, 1.807) is 6.07 Å². The molecule has 0 bridgehead atoms. The Morgan fingerprint density at radius 2 is 2.33 bits per heavy atom. The van der Waals surface area contributed by atoms with Crippen LogP contribution >= 0.6 is 11.3 Å². The largest absolute Gasteiger partial charge is 0.370 e. The molecule has 0 aliphatic heterocycles. The molecule has 0 radical (unpaired) electrons. The van der Waals surface area contributed by atoms with Crippen LogP contribution in [-0.2, 0) is 4.79 Å². The van der Waals surface area contributed by atoms with Gasteiger partial charge in [-0.25, -0.2) is 4.98 Å². The van der Waals surface area contributed by atoms with E-state index >= 15 is 0 Å². The molecule has 5 N–H and O–H groups in total. The zero-order valence-corrected chi connectivity index (χ0v) is 10.1. The van der Waals surface area contributed by atoms with Gasteiger partial charge in [-0.2, -0.15) is 0 Å². The van der Waals surface area contributed by atoms with Gasteiger partial charge in [0.25, 0.3) is 0 Å². The fourth-order valence-corrected chi connectivity index (χ4v) is 2.15. The summed E-state index contributed by atoms with van der Waals surface area (Å²) in [6.07, 6.45) is 0.628. The second kappa shape index (κ2) is 5.28. The summed E-state index contributed by atoms with van der Waals surface area (Å²) in [7, 11) is 0. The van der Waals surface area contributed by atoms with Crippen molar-refractivity contribution in [2.45, 2.75) is 0 Å². The molecule has 2 rings (SSSR count). The van der Waals surface area contributed by atoms with E-state index in [4.69, 9.17) is 11.1 Å². The summed E-state index contributed by atoms with van der Waals surface area (Å²) in [6, 6.07) is 7.33. The standard InChI is InChI=1S/C11H11N5OS/c12-10(13)16-11-15-9(5-18-11)7-2-1-3-8(4-7)14-6-17/h1-6H,(H,14,17)(H4,12,13,15,16). The minimum absolute atomic E-state index is 0.146. The molecule has 0 aliphatic rings. The Kier molecular flexibility index (Phi) is 3.54. The number of nitrogens with two attached hydrogens (primary N) is 1. The fraction of sp³-hybridized carbons (Fsp3) is 0. The molecule has 0 unspecified atom stereocenters. The summed E-state index contributed by atoms with van der Waals surface area (Å²) < 4.78 is 0. The first-order valence-corrected chi connectivity index (χ1v) is 5.94. The molecule has 7 heteroatoms. The third-order valence-corrected chi connectivity index (χ3v) is 2.89. The van der Waals surface area contributed by atoms with Gasteiger partial charge in [0, 0.05) is 16.6 Å². The van der Waals surface area contributed by atoms with Crippen LogP contribution in [0.25, 0.3) is 11.3 Å². The van der Waals surface area contributed by atoms with Crippen molar-refractivity contribution in [3.63, 3.8) is 0 Å². The predicted molar refractivity (Wildman–Crippen MR) is 72.8 cm³/mol. The number of nitrogens with one attached hydrogen (secondary N) is 3. The molecule has 0 aliphatic carbocycles. The van der Waals surface area contributed by atoms with E-state index in [1.807, 2.05) is 23.6 Å². The van der Waals surface area contributed by atoms with Crippen LogP contribution in [0.4, 0.5) is 10.8 Å². The second-order valence-corrected chi connectivity index (χ2v) is 4.28. The lowest BCUT2D eigenvalue weighted by Gasteiger charge is -2.01. The topological polar surface area (TPSA) is 104 Å². The van der Waals surface area contributed by atoms with Crippen LogP contribution in [0.2, 0.25) is 0 Å². The first-order chi connectivity index (χ1) is 8.69. The number of anilines is 2. The minimum atomic E-state index is -0.146. The quantitative estimate of drug-likeness (QED) is 0.382. The Hall–Kier alpha value is -2.41. The highest BCUT2D eigenvalue weighted by atomic mass is 32.1. The summed E-state index contributed by atoms with van der Waals surface area (Å²) in [5.74, 6) is -0.146. The molecule has 0 saturated carbocycles.